The van der Waals surface area contributed by atoms with Gasteiger partial charge >= 0.3 is 0 Å². The molecule has 0 bridgehead atoms. The maximum Gasteiger partial charge on any atom is 0.0695 e. The fourth-order valence-corrected chi connectivity index (χ4v) is 3.49. The summed E-state index contributed by atoms with van der Waals surface area (Å²) >= 11 is 0. The van der Waals surface area contributed by atoms with Crippen molar-refractivity contribution in [3.8, 4) is 0 Å². The minimum Gasteiger partial charge on any atom is -0.391 e. The zero-order valence-corrected chi connectivity index (χ0v) is 11.2. The topological polar surface area (TPSA) is 35.5 Å². The first-order chi connectivity index (χ1) is 8.33. The van der Waals surface area contributed by atoms with Gasteiger partial charge in [-0.2, -0.15) is 0 Å². The van der Waals surface area contributed by atoms with Crippen molar-refractivity contribution in [1.82, 2.24) is 10.2 Å². The minimum absolute atomic E-state index is 0.0785. The van der Waals surface area contributed by atoms with Crippen LogP contribution in [0, 0.1) is 0 Å². The van der Waals surface area contributed by atoms with E-state index in [-0.39, 0.29) is 6.10 Å². The van der Waals surface area contributed by atoms with Crippen molar-refractivity contribution in [2.24, 2.45) is 0 Å². The summed E-state index contributed by atoms with van der Waals surface area (Å²) in [5.41, 5.74) is 0. The van der Waals surface area contributed by atoms with Crippen LogP contribution in [0.25, 0.3) is 0 Å². The molecule has 1 saturated carbocycles. The molecule has 2 aliphatic rings. The van der Waals surface area contributed by atoms with Crippen LogP contribution in [0.4, 0.5) is 0 Å². The van der Waals surface area contributed by atoms with E-state index >= 15 is 0 Å². The molecule has 0 aromatic rings. The SMILES string of the molecule is CCCN(C1CCNCC1)C1CCCCC1O. The normalized spacial score (nSPS) is 31.9. The Balaban J connectivity index is 1.98. The molecule has 0 aromatic heterocycles. The lowest BCUT2D eigenvalue weighted by molar-refractivity contribution is -0.00847. The summed E-state index contributed by atoms with van der Waals surface area (Å²) in [7, 11) is 0. The van der Waals surface area contributed by atoms with Gasteiger partial charge in [-0.25, -0.2) is 0 Å². The number of hydrogen-bond donors (Lipinski definition) is 2. The first kappa shape index (κ1) is 13.3. The Morgan fingerprint density at radius 2 is 1.82 bits per heavy atom. The van der Waals surface area contributed by atoms with Crippen LogP contribution in [0.1, 0.15) is 51.9 Å². The number of piperidine rings is 1. The Labute approximate surface area is 106 Å². The molecule has 2 N–H and O–H groups in total. The van der Waals surface area contributed by atoms with Crippen LogP contribution in [0.3, 0.4) is 0 Å². The molecule has 0 radical (unpaired) electrons. The number of nitrogens with zero attached hydrogens (tertiary/aromatic N) is 1. The number of aliphatic hydroxyl groups excluding tert-OH is 1. The van der Waals surface area contributed by atoms with E-state index in [1.165, 1.54) is 38.5 Å². The molecular formula is C14H28N2O. The van der Waals surface area contributed by atoms with Gasteiger partial charge < -0.3 is 10.4 Å². The number of aliphatic hydroxyl groups is 1. The van der Waals surface area contributed by atoms with Gasteiger partial charge in [-0.05, 0) is 51.7 Å². The second-order valence-electron chi connectivity index (χ2n) is 5.64. The number of rotatable bonds is 4. The van der Waals surface area contributed by atoms with Gasteiger partial charge in [0.05, 0.1) is 6.10 Å². The molecule has 1 saturated heterocycles. The predicted octanol–water partition coefficient (Wildman–Crippen LogP) is 1.75. The van der Waals surface area contributed by atoms with Crippen molar-refractivity contribution in [2.45, 2.75) is 70.1 Å². The second-order valence-corrected chi connectivity index (χ2v) is 5.64. The molecule has 3 nitrogen and oxygen atoms in total. The Hall–Kier alpha value is -0.120. The highest BCUT2D eigenvalue weighted by molar-refractivity contribution is 4.88. The standard InChI is InChI=1S/C14H28N2O/c1-2-11-16(12-7-9-15-10-8-12)13-5-3-4-6-14(13)17/h12-15,17H,2-11H2,1H3. The number of hydrogen-bond acceptors (Lipinski definition) is 3. The van der Waals surface area contributed by atoms with E-state index in [0.29, 0.717) is 12.1 Å². The Kier molecular flexibility index (Phi) is 5.26. The van der Waals surface area contributed by atoms with Gasteiger partial charge in [-0.15, -0.1) is 0 Å². The summed E-state index contributed by atoms with van der Waals surface area (Å²) in [4.78, 5) is 2.63. The monoisotopic (exact) mass is 240 g/mol. The average Bonchev–Trinajstić information content (AvgIpc) is 2.38. The molecule has 2 unspecified atom stereocenters. The van der Waals surface area contributed by atoms with E-state index in [0.717, 1.165) is 26.1 Å². The highest BCUT2D eigenvalue weighted by Crippen LogP contribution is 2.27. The van der Waals surface area contributed by atoms with E-state index in [2.05, 4.69) is 17.1 Å². The van der Waals surface area contributed by atoms with Crippen LogP contribution < -0.4 is 5.32 Å². The minimum atomic E-state index is -0.0785. The van der Waals surface area contributed by atoms with Crippen molar-refractivity contribution in [3.05, 3.63) is 0 Å². The molecule has 0 aromatic carbocycles. The fourth-order valence-electron chi connectivity index (χ4n) is 3.49. The molecule has 100 valence electrons. The molecule has 1 heterocycles. The third-order valence-corrected chi connectivity index (χ3v) is 4.38. The van der Waals surface area contributed by atoms with Crippen molar-refractivity contribution in [3.63, 3.8) is 0 Å². The maximum atomic E-state index is 10.2. The smallest absolute Gasteiger partial charge is 0.0695 e. The lowest BCUT2D eigenvalue weighted by atomic mass is 9.89. The number of nitrogens with one attached hydrogen (secondary N) is 1. The van der Waals surface area contributed by atoms with Crippen LogP contribution in [-0.2, 0) is 0 Å². The maximum absolute atomic E-state index is 10.2. The summed E-state index contributed by atoms with van der Waals surface area (Å²) < 4.78 is 0. The molecule has 2 rings (SSSR count). The van der Waals surface area contributed by atoms with Crippen molar-refractivity contribution in [2.75, 3.05) is 19.6 Å². The quantitative estimate of drug-likeness (QED) is 0.786. The summed E-state index contributed by atoms with van der Waals surface area (Å²) in [6.45, 7) is 5.71. The van der Waals surface area contributed by atoms with Crippen LogP contribution in [0.2, 0.25) is 0 Å². The van der Waals surface area contributed by atoms with Gasteiger partial charge in [-0.3, -0.25) is 4.90 Å². The van der Waals surface area contributed by atoms with Gasteiger partial charge in [0.15, 0.2) is 0 Å². The van der Waals surface area contributed by atoms with Crippen LogP contribution >= 0.6 is 0 Å². The Bertz CT molecular complexity index is 216. The van der Waals surface area contributed by atoms with E-state index in [1.54, 1.807) is 0 Å². The van der Waals surface area contributed by atoms with Gasteiger partial charge in [0.25, 0.3) is 0 Å². The van der Waals surface area contributed by atoms with E-state index in [9.17, 15) is 5.11 Å². The highest BCUT2D eigenvalue weighted by atomic mass is 16.3. The molecule has 0 spiro atoms. The van der Waals surface area contributed by atoms with Crippen molar-refractivity contribution < 1.29 is 5.11 Å². The first-order valence-corrected chi connectivity index (χ1v) is 7.47. The largest absolute Gasteiger partial charge is 0.391 e. The molecule has 3 heteroatoms. The van der Waals surface area contributed by atoms with Gasteiger partial charge in [-0.1, -0.05) is 19.8 Å². The molecule has 2 fully saturated rings. The highest BCUT2D eigenvalue weighted by Gasteiger charge is 2.32. The Morgan fingerprint density at radius 1 is 1.12 bits per heavy atom. The van der Waals surface area contributed by atoms with E-state index in [1.807, 2.05) is 0 Å². The second kappa shape index (κ2) is 6.72. The summed E-state index contributed by atoms with van der Waals surface area (Å²) in [5.74, 6) is 0. The van der Waals surface area contributed by atoms with Crippen molar-refractivity contribution >= 4 is 0 Å². The third kappa shape index (κ3) is 3.43. The van der Waals surface area contributed by atoms with E-state index < -0.39 is 0 Å². The first-order valence-electron chi connectivity index (χ1n) is 7.47. The molecule has 0 amide bonds. The molecule has 1 aliphatic carbocycles. The zero-order chi connectivity index (χ0) is 12.1. The zero-order valence-electron chi connectivity index (χ0n) is 11.2. The molecule has 1 aliphatic heterocycles. The summed E-state index contributed by atoms with van der Waals surface area (Å²) in [6.07, 6.45) is 8.35. The van der Waals surface area contributed by atoms with E-state index in [4.69, 9.17) is 0 Å². The third-order valence-electron chi connectivity index (χ3n) is 4.38. The lowest BCUT2D eigenvalue weighted by Gasteiger charge is -2.43. The molecular weight excluding hydrogens is 212 g/mol. The van der Waals surface area contributed by atoms with Crippen LogP contribution in [-0.4, -0.2) is 47.8 Å². The van der Waals surface area contributed by atoms with Gasteiger partial charge in [0, 0.05) is 12.1 Å². The average molecular weight is 240 g/mol. The van der Waals surface area contributed by atoms with Crippen LogP contribution in [0.5, 0.6) is 0 Å². The predicted molar refractivity (Wildman–Crippen MR) is 71.2 cm³/mol. The lowest BCUT2D eigenvalue weighted by Crippen LogP contribution is -2.53. The summed E-state index contributed by atoms with van der Waals surface area (Å²) in [5, 5.41) is 13.7. The fraction of sp³-hybridized carbons (Fsp3) is 1.00. The van der Waals surface area contributed by atoms with Gasteiger partial charge in [0.1, 0.15) is 0 Å². The summed E-state index contributed by atoms with van der Waals surface area (Å²) in [6, 6.07) is 1.14. The van der Waals surface area contributed by atoms with Crippen LogP contribution in [0.15, 0.2) is 0 Å². The molecule has 17 heavy (non-hydrogen) atoms. The van der Waals surface area contributed by atoms with Crippen molar-refractivity contribution in [1.29, 1.82) is 0 Å². The molecule has 2 atom stereocenters. The van der Waals surface area contributed by atoms with Gasteiger partial charge in [0.2, 0.25) is 0 Å². The Morgan fingerprint density at radius 3 is 2.47 bits per heavy atom.